The summed E-state index contributed by atoms with van der Waals surface area (Å²) in [5.74, 6) is -0.650. The van der Waals surface area contributed by atoms with Gasteiger partial charge in [0, 0.05) is 22.3 Å². The zero-order valence-electron chi connectivity index (χ0n) is 14.7. The number of rotatable bonds is 6. The molecule has 0 saturated heterocycles. The average molecular weight is 451 g/mol. The molecule has 2 heterocycles. The molecule has 1 atom stereocenters. The molecule has 0 saturated carbocycles. The normalized spacial score (nSPS) is 15.8. The molecule has 2 amide bonds. The van der Waals surface area contributed by atoms with E-state index in [1.807, 2.05) is 6.07 Å². The minimum absolute atomic E-state index is 0.0973. The number of aromatic nitrogens is 2. The van der Waals surface area contributed by atoms with Crippen LogP contribution in [0.4, 0.5) is 11.5 Å². The molecule has 1 unspecified atom stereocenters. The molecule has 27 heavy (non-hydrogen) atoms. The Hall–Kier alpha value is -2.13. The van der Waals surface area contributed by atoms with Crippen LogP contribution in [0.25, 0.3) is 0 Å². The SMILES string of the molecule is CCCCSc1nc2c(c(=O)[nH]1)C(C(=O)Nc1cccc(Br)c1)CC(=O)N2. The Morgan fingerprint density at radius 1 is 1.41 bits per heavy atom. The van der Waals surface area contributed by atoms with E-state index in [2.05, 4.69) is 43.5 Å². The lowest BCUT2D eigenvalue weighted by Gasteiger charge is -2.23. The van der Waals surface area contributed by atoms with Gasteiger partial charge < -0.3 is 15.6 Å². The van der Waals surface area contributed by atoms with Crippen molar-refractivity contribution >= 4 is 51.0 Å². The summed E-state index contributed by atoms with van der Waals surface area (Å²) in [6.07, 6.45) is 1.94. The number of aromatic amines is 1. The van der Waals surface area contributed by atoms with E-state index in [1.165, 1.54) is 11.8 Å². The first kappa shape index (κ1) is 19.6. The van der Waals surface area contributed by atoms with Crippen LogP contribution < -0.4 is 16.2 Å². The van der Waals surface area contributed by atoms with Gasteiger partial charge in [0.25, 0.3) is 5.56 Å². The number of thioether (sulfide) groups is 1. The van der Waals surface area contributed by atoms with Gasteiger partial charge in [-0.25, -0.2) is 4.98 Å². The minimum Gasteiger partial charge on any atom is -0.326 e. The van der Waals surface area contributed by atoms with Gasteiger partial charge in [-0.3, -0.25) is 14.4 Å². The van der Waals surface area contributed by atoms with E-state index >= 15 is 0 Å². The zero-order chi connectivity index (χ0) is 19.4. The molecule has 3 rings (SSSR count). The number of nitrogens with one attached hydrogen (secondary N) is 3. The quantitative estimate of drug-likeness (QED) is 0.355. The Morgan fingerprint density at radius 2 is 2.22 bits per heavy atom. The molecule has 3 N–H and O–H groups in total. The zero-order valence-corrected chi connectivity index (χ0v) is 17.1. The lowest BCUT2D eigenvalue weighted by molar-refractivity contribution is -0.123. The highest BCUT2D eigenvalue weighted by molar-refractivity contribution is 9.10. The number of hydrogen-bond donors (Lipinski definition) is 3. The molecule has 0 fully saturated rings. The lowest BCUT2D eigenvalue weighted by atomic mass is 9.92. The Morgan fingerprint density at radius 3 is 2.96 bits per heavy atom. The second-order valence-corrected chi connectivity index (χ2v) is 8.14. The van der Waals surface area contributed by atoms with Crippen molar-refractivity contribution in [2.75, 3.05) is 16.4 Å². The fourth-order valence-electron chi connectivity index (χ4n) is 2.75. The number of anilines is 2. The first-order chi connectivity index (χ1) is 13.0. The molecule has 0 radical (unpaired) electrons. The predicted octanol–water partition coefficient (Wildman–Crippen LogP) is 3.49. The van der Waals surface area contributed by atoms with Gasteiger partial charge in [-0.1, -0.05) is 47.1 Å². The molecule has 0 spiro atoms. The van der Waals surface area contributed by atoms with Crippen molar-refractivity contribution in [1.82, 2.24) is 9.97 Å². The number of benzene rings is 1. The Balaban J connectivity index is 1.87. The van der Waals surface area contributed by atoms with Crippen LogP contribution in [0.3, 0.4) is 0 Å². The summed E-state index contributed by atoms with van der Waals surface area (Å²) in [4.78, 5) is 44.5. The number of unbranched alkanes of at least 4 members (excludes halogenated alkanes) is 1. The standard InChI is InChI=1S/C18H19BrN4O3S/c1-2-3-7-27-18-22-15-14(17(26)23-18)12(9-13(24)21-15)16(25)20-11-6-4-5-10(19)8-11/h4-6,8,12H,2-3,7,9H2,1H3,(H,20,25)(H2,21,22,23,24,26). The van der Waals surface area contributed by atoms with Crippen LogP contribution in [-0.2, 0) is 9.59 Å². The summed E-state index contributed by atoms with van der Waals surface area (Å²) in [5.41, 5.74) is 0.383. The third kappa shape index (κ3) is 4.78. The average Bonchev–Trinajstić information content (AvgIpc) is 2.61. The molecule has 0 aliphatic carbocycles. The van der Waals surface area contributed by atoms with E-state index < -0.39 is 17.4 Å². The molecular formula is C18H19BrN4O3S. The van der Waals surface area contributed by atoms with Crippen molar-refractivity contribution in [3.63, 3.8) is 0 Å². The summed E-state index contributed by atoms with van der Waals surface area (Å²) in [6, 6.07) is 7.11. The van der Waals surface area contributed by atoms with Crippen molar-refractivity contribution in [3.05, 3.63) is 44.7 Å². The smallest absolute Gasteiger partial charge is 0.257 e. The van der Waals surface area contributed by atoms with Crippen LogP contribution in [-0.4, -0.2) is 27.5 Å². The topological polar surface area (TPSA) is 104 Å². The number of nitrogens with zero attached hydrogens (tertiary/aromatic N) is 1. The molecule has 1 aromatic carbocycles. The summed E-state index contributed by atoms with van der Waals surface area (Å²) < 4.78 is 0.815. The van der Waals surface area contributed by atoms with Crippen molar-refractivity contribution in [2.24, 2.45) is 0 Å². The number of halogens is 1. The Bertz CT molecular complexity index is 931. The largest absolute Gasteiger partial charge is 0.326 e. The first-order valence-corrected chi connectivity index (χ1v) is 10.4. The van der Waals surface area contributed by atoms with E-state index in [0.29, 0.717) is 10.8 Å². The molecule has 7 nitrogen and oxygen atoms in total. The maximum Gasteiger partial charge on any atom is 0.257 e. The maximum absolute atomic E-state index is 12.7. The third-order valence-corrected chi connectivity index (χ3v) is 5.53. The molecule has 142 valence electrons. The number of fused-ring (bicyclic) bond motifs is 1. The highest BCUT2D eigenvalue weighted by Gasteiger charge is 2.34. The monoisotopic (exact) mass is 450 g/mol. The molecule has 2 aromatic rings. The van der Waals surface area contributed by atoms with Gasteiger partial charge in [-0.05, 0) is 24.6 Å². The highest BCUT2D eigenvalue weighted by atomic mass is 79.9. The molecule has 1 aliphatic rings. The second kappa shape index (κ2) is 8.71. The van der Waals surface area contributed by atoms with E-state index in [1.54, 1.807) is 18.2 Å². The van der Waals surface area contributed by atoms with Crippen LogP contribution in [0.5, 0.6) is 0 Å². The summed E-state index contributed by atoms with van der Waals surface area (Å²) in [6.45, 7) is 2.08. The van der Waals surface area contributed by atoms with Crippen molar-refractivity contribution in [2.45, 2.75) is 37.3 Å². The number of carbonyl (C=O) groups excluding carboxylic acids is 2. The lowest BCUT2D eigenvalue weighted by Crippen LogP contribution is -2.36. The molecule has 0 bridgehead atoms. The molecule has 1 aromatic heterocycles. The van der Waals surface area contributed by atoms with Crippen LogP contribution in [0.15, 0.2) is 38.7 Å². The minimum atomic E-state index is -0.890. The van der Waals surface area contributed by atoms with E-state index in [9.17, 15) is 14.4 Å². The Kier molecular flexibility index (Phi) is 6.33. The third-order valence-electron chi connectivity index (χ3n) is 4.07. The number of carbonyl (C=O) groups is 2. The van der Waals surface area contributed by atoms with Crippen molar-refractivity contribution < 1.29 is 9.59 Å². The molecule has 9 heteroatoms. The van der Waals surface area contributed by atoms with Crippen molar-refractivity contribution in [3.8, 4) is 0 Å². The van der Waals surface area contributed by atoms with E-state index in [0.717, 1.165) is 23.1 Å². The van der Waals surface area contributed by atoms with Crippen LogP contribution >= 0.6 is 27.7 Å². The summed E-state index contributed by atoms with van der Waals surface area (Å²) in [5, 5.41) is 5.83. The number of hydrogen-bond acceptors (Lipinski definition) is 5. The van der Waals surface area contributed by atoms with Gasteiger partial charge in [0.1, 0.15) is 5.82 Å². The predicted molar refractivity (Wildman–Crippen MR) is 109 cm³/mol. The van der Waals surface area contributed by atoms with Crippen LogP contribution in [0, 0.1) is 0 Å². The van der Waals surface area contributed by atoms with Gasteiger partial charge in [0.05, 0.1) is 11.5 Å². The van der Waals surface area contributed by atoms with E-state index in [-0.39, 0.29) is 23.7 Å². The number of amides is 2. The van der Waals surface area contributed by atoms with Gasteiger partial charge in [0.2, 0.25) is 11.8 Å². The summed E-state index contributed by atoms with van der Waals surface area (Å²) in [7, 11) is 0. The van der Waals surface area contributed by atoms with Gasteiger partial charge in [-0.2, -0.15) is 0 Å². The van der Waals surface area contributed by atoms with E-state index in [4.69, 9.17) is 0 Å². The maximum atomic E-state index is 12.7. The first-order valence-electron chi connectivity index (χ1n) is 8.61. The van der Waals surface area contributed by atoms with Crippen molar-refractivity contribution in [1.29, 1.82) is 0 Å². The fraction of sp³-hybridized carbons (Fsp3) is 0.333. The molecule has 1 aliphatic heterocycles. The number of H-pyrrole nitrogens is 1. The van der Waals surface area contributed by atoms with Gasteiger partial charge >= 0.3 is 0 Å². The van der Waals surface area contributed by atoms with Crippen LogP contribution in [0.1, 0.15) is 37.7 Å². The second-order valence-electron chi connectivity index (χ2n) is 6.14. The fourth-order valence-corrected chi connectivity index (χ4v) is 4.10. The van der Waals surface area contributed by atoms with Gasteiger partial charge in [0.15, 0.2) is 5.16 Å². The molecular weight excluding hydrogens is 432 g/mol. The van der Waals surface area contributed by atoms with Gasteiger partial charge in [-0.15, -0.1) is 0 Å². The highest BCUT2D eigenvalue weighted by Crippen LogP contribution is 2.30. The van der Waals surface area contributed by atoms with Crippen LogP contribution in [0.2, 0.25) is 0 Å². The Labute approximate surface area is 168 Å². The summed E-state index contributed by atoms with van der Waals surface area (Å²) >= 11 is 4.77.